The van der Waals surface area contributed by atoms with Gasteiger partial charge in [0.1, 0.15) is 0 Å². The molecule has 1 aliphatic rings. The third kappa shape index (κ3) is 2.03. The van der Waals surface area contributed by atoms with Crippen LogP contribution < -0.4 is 0 Å². The molecule has 0 aliphatic heterocycles. The molecule has 1 heterocycles. The Hall–Kier alpha value is -1.83. The van der Waals surface area contributed by atoms with Crippen molar-refractivity contribution in [3.05, 3.63) is 65.3 Å². The quantitative estimate of drug-likeness (QED) is 0.717. The van der Waals surface area contributed by atoms with Crippen molar-refractivity contribution in [3.63, 3.8) is 0 Å². The lowest BCUT2D eigenvalue weighted by atomic mass is 10.0. The second-order valence-electron chi connectivity index (χ2n) is 4.68. The molecule has 0 amide bonds. The predicted octanol–water partition coefficient (Wildman–Crippen LogP) is 2.98. The maximum Gasteiger partial charge on any atom is 0.0955 e. The first-order valence-corrected chi connectivity index (χ1v) is 6.05. The maximum absolute atomic E-state index is 4.53. The van der Waals surface area contributed by atoms with E-state index >= 15 is 0 Å². The molecular weight excluding hydrogens is 208 g/mol. The summed E-state index contributed by atoms with van der Waals surface area (Å²) in [6.07, 6.45) is 6.32. The molecule has 2 nitrogen and oxygen atoms in total. The van der Waals surface area contributed by atoms with E-state index in [4.69, 9.17) is 0 Å². The monoisotopic (exact) mass is 224 g/mol. The molecular formula is C15H16N2. The van der Waals surface area contributed by atoms with Crippen molar-refractivity contribution in [1.82, 2.24) is 9.55 Å². The Morgan fingerprint density at radius 3 is 2.88 bits per heavy atom. The van der Waals surface area contributed by atoms with Crippen molar-refractivity contribution < 1.29 is 0 Å². The molecule has 0 N–H and O–H groups in total. The lowest BCUT2D eigenvalue weighted by molar-refractivity contribution is 0.747. The van der Waals surface area contributed by atoms with Gasteiger partial charge in [-0.15, -0.1) is 0 Å². The minimum absolute atomic E-state index is 0.927. The zero-order valence-corrected chi connectivity index (χ0v) is 10.1. The van der Waals surface area contributed by atoms with Crippen LogP contribution in [0.4, 0.5) is 0 Å². The summed E-state index contributed by atoms with van der Waals surface area (Å²) >= 11 is 0. The summed E-state index contributed by atoms with van der Waals surface area (Å²) < 4.78 is 2.27. The highest BCUT2D eigenvalue weighted by Crippen LogP contribution is 2.20. The summed E-state index contributed by atoms with van der Waals surface area (Å²) in [5.74, 6) is 0. The average Bonchev–Trinajstić information content (AvgIpc) is 2.73. The summed E-state index contributed by atoms with van der Waals surface area (Å²) in [7, 11) is 0. The first kappa shape index (κ1) is 10.3. The average molecular weight is 224 g/mol. The molecule has 86 valence electrons. The number of nitrogens with zero attached hydrogens (tertiary/aromatic N) is 2. The Bertz CT molecular complexity index is 550. The fourth-order valence-corrected chi connectivity index (χ4v) is 2.36. The Morgan fingerprint density at radius 1 is 1.24 bits per heavy atom. The third-order valence-electron chi connectivity index (χ3n) is 3.32. The molecule has 1 aliphatic carbocycles. The second kappa shape index (κ2) is 4.21. The highest BCUT2D eigenvalue weighted by atomic mass is 15.1. The Labute approximate surface area is 102 Å². The van der Waals surface area contributed by atoms with E-state index in [0.717, 1.165) is 19.4 Å². The highest BCUT2D eigenvalue weighted by Gasteiger charge is 2.14. The Kier molecular flexibility index (Phi) is 2.56. The van der Waals surface area contributed by atoms with E-state index < -0.39 is 0 Å². The highest BCUT2D eigenvalue weighted by molar-refractivity contribution is 5.28. The van der Waals surface area contributed by atoms with Gasteiger partial charge in [-0.2, -0.15) is 0 Å². The van der Waals surface area contributed by atoms with Gasteiger partial charge in [-0.25, -0.2) is 4.98 Å². The van der Waals surface area contributed by atoms with Gasteiger partial charge in [-0.1, -0.05) is 42.0 Å². The second-order valence-corrected chi connectivity index (χ2v) is 4.68. The van der Waals surface area contributed by atoms with Crippen LogP contribution in [0.3, 0.4) is 0 Å². The van der Waals surface area contributed by atoms with E-state index in [1.54, 1.807) is 0 Å². The molecule has 0 fully saturated rings. The van der Waals surface area contributed by atoms with Crippen LogP contribution in [-0.2, 0) is 19.4 Å². The molecule has 0 radical (unpaired) electrons. The van der Waals surface area contributed by atoms with E-state index in [-0.39, 0.29) is 0 Å². The van der Waals surface area contributed by atoms with Crippen LogP contribution in [0.2, 0.25) is 0 Å². The standard InChI is InChI=1S/C15H16N2/c1-12-7-8-15-14(9-12)16-11-17(15)10-13-5-3-2-4-6-13/h2-7,11H,8-10H2,1H3. The van der Waals surface area contributed by atoms with Gasteiger partial charge >= 0.3 is 0 Å². The van der Waals surface area contributed by atoms with E-state index in [2.05, 4.69) is 52.9 Å². The smallest absolute Gasteiger partial charge is 0.0955 e. The number of rotatable bonds is 2. The molecule has 0 saturated carbocycles. The van der Waals surface area contributed by atoms with Crippen LogP contribution in [-0.4, -0.2) is 9.55 Å². The number of allylic oxidation sites excluding steroid dienone is 2. The SMILES string of the molecule is CC1=CCc2c(ncn2Cc2ccccc2)C1. The van der Waals surface area contributed by atoms with Crippen molar-refractivity contribution in [1.29, 1.82) is 0 Å². The van der Waals surface area contributed by atoms with Gasteiger partial charge < -0.3 is 4.57 Å². The first-order valence-electron chi connectivity index (χ1n) is 6.05. The molecule has 1 aromatic carbocycles. The Balaban J connectivity index is 1.88. The minimum Gasteiger partial charge on any atom is -0.330 e. The van der Waals surface area contributed by atoms with Gasteiger partial charge in [0.25, 0.3) is 0 Å². The van der Waals surface area contributed by atoms with Gasteiger partial charge in [-0.3, -0.25) is 0 Å². The summed E-state index contributed by atoms with van der Waals surface area (Å²) in [5.41, 5.74) is 5.39. The molecule has 0 atom stereocenters. The van der Waals surface area contributed by atoms with Crippen molar-refractivity contribution in [2.24, 2.45) is 0 Å². The van der Waals surface area contributed by atoms with Crippen LogP contribution in [0.1, 0.15) is 23.9 Å². The van der Waals surface area contributed by atoms with Crippen molar-refractivity contribution in [2.45, 2.75) is 26.3 Å². The summed E-state index contributed by atoms with van der Waals surface area (Å²) in [6.45, 7) is 3.11. The van der Waals surface area contributed by atoms with Crippen molar-refractivity contribution in [2.75, 3.05) is 0 Å². The van der Waals surface area contributed by atoms with Gasteiger partial charge in [0, 0.05) is 25.1 Å². The molecule has 0 saturated heterocycles. The third-order valence-corrected chi connectivity index (χ3v) is 3.32. The van der Waals surface area contributed by atoms with Crippen LogP contribution in [0.5, 0.6) is 0 Å². The van der Waals surface area contributed by atoms with Crippen LogP contribution in [0.15, 0.2) is 48.3 Å². The van der Waals surface area contributed by atoms with Gasteiger partial charge in [-0.05, 0) is 12.5 Å². The molecule has 17 heavy (non-hydrogen) atoms. The number of aromatic nitrogens is 2. The van der Waals surface area contributed by atoms with E-state index in [1.165, 1.54) is 22.5 Å². The number of benzene rings is 1. The van der Waals surface area contributed by atoms with Gasteiger partial charge in [0.05, 0.1) is 12.0 Å². The zero-order valence-electron chi connectivity index (χ0n) is 10.1. The molecule has 2 aromatic rings. The minimum atomic E-state index is 0.927. The van der Waals surface area contributed by atoms with Crippen molar-refractivity contribution >= 4 is 0 Å². The van der Waals surface area contributed by atoms with E-state index in [9.17, 15) is 0 Å². The fourth-order valence-electron chi connectivity index (χ4n) is 2.36. The topological polar surface area (TPSA) is 17.8 Å². The lowest BCUT2D eigenvalue weighted by Gasteiger charge is -2.13. The maximum atomic E-state index is 4.53. The largest absolute Gasteiger partial charge is 0.330 e. The Morgan fingerprint density at radius 2 is 2.06 bits per heavy atom. The lowest BCUT2D eigenvalue weighted by Crippen LogP contribution is -2.07. The first-order chi connectivity index (χ1) is 8.33. The number of hydrogen-bond donors (Lipinski definition) is 0. The molecule has 3 rings (SSSR count). The van der Waals surface area contributed by atoms with E-state index in [1.807, 2.05) is 6.33 Å². The number of fused-ring (bicyclic) bond motifs is 1. The van der Waals surface area contributed by atoms with E-state index in [0.29, 0.717) is 0 Å². The molecule has 2 heteroatoms. The molecule has 1 aromatic heterocycles. The van der Waals surface area contributed by atoms with Gasteiger partial charge in [0.15, 0.2) is 0 Å². The van der Waals surface area contributed by atoms with Crippen LogP contribution >= 0.6 is 0 Å². The molecule has 0 bridgehead atoms. The zero-order chi connectivity index (χ0) is 11.7. The van der Waals surface area contributed by atoms with Gasteiger partial charge in [0.2, 0.25) is 0 Å². The van der Waals surface area contributed by atoms with Crippen molar-refractivity contribution in [3.8, 4) is 0 Å². The number of hydrogen-bond acceptors (Lipinski definition) is 1. The molecule has 0 unspecified atom stereocenters. The molecule has 0 spiro atoms. The summed E-state index contributed by atoms with van der Waals surface area (Å²) in [5, 5.41) is 0. The number of imidazole rings is 1. The van der Waals surface area contributed by atoms with Crippen LogP contribution in [0.25, 0.3) is 0 Å². The normalized spacial score (nSPS) is 14.3. The fraction of sp³-hybridized carbons (Fsp3) is 0.267. The summed E-state index contributed by atoms with van der Waals surface area (Å²) in [4.78, 5) is 4.53. The van der Waals surface area contributed by atoms with Crippen LogP contribution in [0, 0.1) is 0 Å². The summed E-state index contributed by atoms with van der Waals surface area (Å²) in [6, 6.07) is 10.6. The predicted molar refractivity (Wildman–Crippen MR) is 68.9 cm³/mol.